The van der Waals surface area contributed by atoms with Crippen LogP contribution in [-0.4, -0.2) is 45.3 Å². The van der Waals surface area contributed by atoms with Crippen LogP contribution in [0.25, 0.3) is 11.3 Å². The maximum absolute atomic E-state index is 13.3. The first kappa shape index (κ1) is 18.1. The van der Waals surface area contributed by atoms with Crippen LogP contribution >= 0.6 is 0 Å². The maximum atomic E-state index is 13.3. The number of likely N-dealkylation sites (tertiary alicyclic amines) is 1. The second kappa shape index (κ2) is 6.85. The molecule has 0 bridgehead atoms. The molecule has 1 aromatic heterocycles. The van der Waals surface area contributed by atoms with E-state index < -0.39 is 0 Å². The molecule has 2 aromatic carbocycles. The number of amides is 1. The number of rotatable bonds is 2. The van der Waals surface area contributed by atoms with E-state index in [1.54, 1.807) is 6.20 Å². The molecule has 2 N–H and O–H groups in total. The lowest BCUT2D eigenvalue weighted by atomic mass is 9.72. The number of aromatic nitrogens is 2. The van der Waals surface area contributed by atoms with Crippen molar-refractivity contribution in [1.29, 1.82) is 0 Å². The fraction of sp³-hybridized carbons (Fsp3) is 0.333. The van der Waals surface area contributed by atoms with Gasteiger partial charge in [0.1, 0.15) is 0 Å². The minimum absolute atomic E-state index is 0.00544. The quantitative estimate of drug-likeness (QED) is 0.707. The zero-order valence-electron chi connectivity index (χ0n) is 16.6. The van der Waals surface area contributed by atoms with Gasteiger partial charge in [0.05, 0.1) is 23.6 Å². The Kier molecular flexibility index (Phi) is 4.28. The van der Waals surface area contributed by atoms with Crippen molar-refractivity contribution in [2.24, 2.45) is 0 Å². The van der Waals surface area contributed by atoms with Gasteiger partial charge in [-0.25, -0.2) is 0 Å². The van der Waals surface area contributed by atoms with Crippen LogP contribution in [0.1, 0.15) is 39.9 Å². The molecule has 3 aromatic rings. The maximum Gasteiger partial charge on any atom is 0.257 e. The fourth-order valence-electron chi connectivity index (χ4n) is 5.12. The molecule has 1 unspecified atom stereocenters. The Morgan fingerprint density at radius 2 is 1.97 bits per heavy atom. The average Bonchev–Trinajstić information content (AvgIpc) is 3.32. The monoisotopic (exact) mass is 387 g/mol. The molecular formula is C24H25N3O2. The highest BCUT2D eigenvalue weighted by Crippen LogP contribution is 2.46. The number of benzene rings is 2. The zero-order valence-corrected chi connectivity index (χ0v) is 16.6. The summed E-state index contributed by atoms with van der Waals surface area (Å²) in [5, 5.41) is 18.0. The van der Waals surface area contributed by atoms with Gasteiger partial charge in [-0.3, -0.25) is 9.89 Å². The molecule has 1 aliphatic carbocycles. The van der Waals surface area contributed by atoms with Gasteiger partial charge in [-0.1, -0.05) is 48.0 Å². The van der Waals surface area contributed by atoms with Crippen molar-refractivity contribution >= 4 is 5.91 Å². The number of piperidine rings is 1. The van der Waals surface area contributed by atoms with Crippen molar-refractivity contribution in [2.75, 3.05) is 13.1 Å². The van der Waals surface area contributed by atoms with Gasteiger partial charge in [-0.2, -0.15) is 5.10 Å². The second-order valence-electron chi connectivity index (χ2n) is 8.35. The third kappa shape index (κ3) is 2.88. The Bertz CT molecular complexity index is 1060. The van der Waals surface area contributed by atoms with Gasteiger partial charge in [-0.15, -0.1) is 0 Å². The molecule has 1 saturated heterocycles. The van der Waals surface area contributed by atoms with Crippen LogP contribution in [0.5, 0.6) is 0 Å². The molecular weight excluding hydrogens is 362 g/mol. The number of nitrogens with zero attached hydrogens (tertiary/aromatic N) is 2. The number of H-pyrrole nitrogens is 1. The molecule has 1 aliphatic heterocycles. The topological polar surface area (TPSA) is 69.2 Å². The largest absolute Gasteiger partial charge is 0.392 e. The summed E-state index contributed by atoms with van der Waals surface area (Å²) in [6.07, 6.45) is 3.55. The van der Waals surface area contributed by atoms with Crippen LogP contribution in [0.4, 0.5) is 0 Å². The highest BCUT2D eigenvalue weighted by Gasteiger charge is 2.48. The van der Waals surface area contributed by atoms with Crippen LogP contribution in [0.2, 0.25) is 0 Å². The lowest BCUT2D eigenvalue weighted by Gasteiger charge is -2.42. The highest BCUT2D eigenvalue weighted by molar-refractivity contribution is 5.99. The molecule has 2 aliphatic rings. The number of aliphatic hydroxyl groups excluding tert-OH is 1. The molecule has 5 rings (SSSR count). The predicted octanol–water partition coefficient (Wildman–Crippen LogP) is 3.48. The number of carbonyl (C=O) groups is 1. The van der Waals surface area contributed by atoms with Crippen molar-refractivity contribution < 1.29 is 9.90 Å². The van der Waals surface area contributed by atoms with Crippen LogP contribution in [0.15, 0.2) is 54.7 Å². The SMILES string of the molecule is Cc1cccc(-c2[nH]ncc2C(=O)N2CCC3(CC2)c2ccccc2CC3O)c1. The summed E-state index contributed by atoms with van der Waals surface area (Å²) >= 11 is 0. The Morgan fingerprint density at radius 1 is 1.17 bits per heavy atom. The van der Waals surface area contributed by atoms with E-state index in [0.29, 0.717) is 25.1 Å². The normalized spacial score (nSPS) is 20.1. The molecule has 29 heavy (non-hydrogen) atoms. The first-order valence-corrected chi connectivity index (χ1v) is 10.2. The molecule has 148 valence electrons. The second-order valence-corrected chi connectivity index (χ2v) is 8.35. The zero-order chi connectivity index (χ0) is 20.0. The summed E-state index contributed by atoms with van der Waals surface area (Å²) in [6, 6.07) is 16.4. The van der Waals surface area contributed by atoms with E-state index in [0.717, 1.165) is 29.7 Å². The summed E-state index contributed by atoms with van der Waals surface area (Å²) in [5.74, 6) is 0.00544. The van der Waals surface area contributed by atoms with Gasteiger partial charge >= 0.3 is 0 Å². The van der Waals surface area contributed by atoms with E-state index in [1.165, 1.54) is 11.1 Å². The number of hydrogen-bond acceptors (Lipinski definition) is 3. The van der Waals surface area contributed by atoms with Crippen molar-refractivity contribution in [3.05, 3.63) is 77.0 Å². The smallest absolute Gasteiger partial charge is 0.257 e. The molecule has 1 fully saturated rings. The summed E-state index contributed by atoms with van der Waals surface area (Å²) in [7, 11) is 0. The van der Waals surface area contributed by atoms with Crippen molar-refractivity contribution in [2.45, 2.75) is 37.7 Å². The van der Waals surface area contributed by atoms with Crippen molar-refractivity contribution in [3.63, 3.8) is 0 Å². The lowest BCUT2D eigenvalue weighted by molar-refractivity contribution is 0.0366. The third-order valence-electron chi connectivity index (χ3n) is 6.72. The minimum Gasteiger partial charge on any atom is -0.392 e. The van der Waals surface area contributed by atoms with Gasteiger partial charge in [0.25, 0.3) is 5.91 Å². The number of aryl methyl sites for hydroxylation is 1. The fourth-order valence-corrected chi connectivity index (χ4v) is 5.12. The van der Waals surface area contributed by atoms with E-state index in [1.807, 2.05) is 36.1 Å². The summed E-state index contributed by atoms with van der Waals surface area (Å²) in [5.41, 5.74) is 5.79. The van der Waals surface area contributed by atoms with Crippen LogP contribution in [0.3, 0.4) is 0 Å². The van der Waals surface area contributed by atoms with Gasteiger partial charge in [0.15, 0.2) is 0 Å². The molecule has 1 spiro atoms. The van der Waals surface area contributed by atoms with E-state index >= 15 is 0 Å². The Morgan fingerprint density at radius 3 is 2.76 bits per heavy atom. The first-order chi connectivity index (χ1) is 14.1. The molecule has 2 heterocycles. The average molecular weight is 387 g/mol. The number of carbonyl (C=O) groups excluding carboxylic acids is 1. The van der Waals surface area contributed by atoms with Crippen LogP contribution in [-0.2, 0) is 11.8 Å². The van der Waals surface area contributed by atoms with E-state index in [-0.39, 0.29) is 17.4 Å². The third-order valence-corrected chi connectivity index (χ3v) is 6.72. The summed E-state index contributed by atoms with van der Waals surface area (Å²) in [6.45, 7) is 3.32. The molecule has 1 amide bonds. The van der Waals surface area contributed by atoms with Crippen LogP contribution < -0.4 is 0 Å². The Balaban J connectivity index is 1.38. The lowest BCUT2D eigenvalue weighted by Crippen LogP contribution is -2.49. The van der Waals surface area contributed by atoms with Crippen molar-refractivity contribution in [1.82, 2.24) is 15.1 Å². The van der Waals surface area contributed by atoms with Crippen molar-refractivity contribution in [3.8, 4) is 11.3 Å². The standard InChI is InChI=1S/C24H25N3O2/c1-16-5-4-7-18(13-16)22-19(15-25-26-22)23(29)27-11-9-24(10-12-27)20-8-3-2-6-17(20)14-21(24)28/h2-8,13,15,21,28H,9-12,14H2,1H3,(H,25,26). The van der Waals surface area contributed by atoms with Gasteiger partial charge in [0.2, 0.25) is 0 Å². The number of hydrogen-bond donors (Lipinski definition) is 2. The number of nitrogens with one attached hydrogen (secondary N) is 1. The van der Waals surface area contributed by atoms with E-state index in [4.69, 9.17) is 0 Å². The minimum atomic E-state index is -0.367. The summed E-state index contributed by atoms with van der Waals surface area (Å²) < 4.78 is 0. The van der Waals surface area contributed by atoms with E-state index in [2.05, 4.69) is 34.5 Å². The number of aromatic amines is 1. The molecule has 0 radical (unpaired) electrons. The predicted molar refractivity (Wildman–Crippen MR) is 112 cm³/mol. The molecule has 5 nitrogen and oxygen atoms in total. The highest BCUT2D eigenvalue weighted by atomic mass is 16.3. The van der Waals surface area contributed by atoms with Gasteiger partial charge in [-0.05, 0) is 43.4 Å². The molecule has 1 atom stereocenters. The summed E-state index contributed by atoms with van der Waals surface area (Å²) in [4.78, 5) is 15.2. The first-order valence-electron chi connectivity index (χ1n) is 10.2. The Hall–Kier alpha value is -2.92. The van der Waals surface area contributed by atoms with Gasteiger partial charge < -0.3 is 10.0 Å². The van der Waals surface area contributed by atoms with E-state index in [9.17, 15) is 9.90 Å². The number of fused-ring (bicyclic) bond motifs is 2. The molecule has 5 heteroatoms. The van der Waals surface area contributed by atoms with Crippen LogP contribution in [0, 0.1) is 6.92 Å². The molecule has 0 saturated carbocycles. The Labute approximate surface area is 170 Å². The number of aliphatic hydroxyl groups is 1. The van der Waals surface area contributed by atoms with Gasteiger partial charge in [0, 0.05) is 24.1 Å².